The lowest BCUT2D eigenvalue weighted by Gasteiger charge is -2.15. The molecule has 2 N–H and O–H groups in total. The molecule has 0 saturated carbocycles. The first-order valence-corrected chi connectivity index (χ1v) is 8.16. The lowest BCUT2D eigenvalue weighted by atomic mass is 10.0. The fourth-order valence-corrected chi connectivity index (χ4v) is 3.11. The van der Waals surface area contributed by atoms with Crippen LogP contribution in [0.3, 0.4) is 0 Å². The van der Waals surface area contributed by atoms with Crippen LogP contribution < -0.4 is 10.2 Å². The van der Waals surface area contributed by atoms with E-state index in [1.165, 1.54) is 18.2 Å². The predicted octanol–water partition coefficient (Wildman–Crippen LogP) is 3.51. The van der Waals surface area contributed by atoms with E-state index in [1.807, 2.05) is 0 Å². The average molecular weight is 355 g/mol. The van der Waals surface area contributed by atoms with Gasteiger partial charge in [-0.15, -0.1) is 0 Å². The Kier molecular flexibility index (Phi) is 3.83. The van der Waals surface area contributed by atoms with Gasteiger partial charge in [-0.05, 0) is 35.9 Å². The Morgan fingerprint density at radius 1 is 1.00 bits per heavy atom. The van der Waals surface area contributed by atoms with Gasteiger partial charge in [-0.3, -0.25) is 4.79 Å². The number of urea groups is 1. The van der Waals surface area contributed by atoms with Gasteiger partial charge in [0, 0.05) is 10.8 Å². The molecule has 0 aromatic heterocycles. The van der Waals surface area contributed by atoms with Crippen LogP contribution in [0.15, 0.2) is 66.4 Å². The average Bonchev–Trinajstić information content (AvgIpc) is 2.94. The number of phenols is 1. The number of nitriles is 1. The van der Waals surface area contributed by atoms with Gasteiger partial charge in [0.1, 0.15) is 11.4 Å². The van der Waals surface area contributed by atoms with Crippen LogP contribution in [-0.2, 0) is 4.79 Å². The second kappa shape index (κ2) is 6.32. The van der Waals surface area contributed by atoms with E-state index in [0.717, 1.165) is 4.90 Å². The minimum atomic E-state index is -0.568. The quantitative estimate of drug-likeness (QED) is 0.543. The monoisotopic (exact) mass is 355 g/mol. The molecule has 0 radical (unpaired) electrons. The predicted molar refractivity (Wildman–Crippen MR) is 101 cm³/mol. The van der Waals surface area contributed by atoms with Crippen LogP contribution in [-0.4, -0.2) is 17.0 Å². The maximum atomic E-state index is 12.9. The van der Waals surface area contributed by atoms with E-state index in [9.17, 15) is 20.0 Å². The number of phenolic OH excluding ortho intramolecular Hbond substituents is 1. The number of anilines is 1. The molecule has 6 nitrogen and oxygen atoms in total. The number of benzene rings is 3. The molecule has 1 fully saturated rings. The summed E-state index contributed by atoms with van der Waals surface area (Å²) in [5, 5.41) is 22.7. The molecule has 3 amide bonds. The van der Waals surface area contributed by atoms with E-state index in [2.05, 4.69) is 11.4 Å². The van der Waals surface area contributed by atoms with Crippen LogP contribution in [0, 0.1) is 11.3 Å². The van der Waals surface area contributed by atoms with Gasteiger partial charge in [0.25, 0.3) is 5.91 Å². The summed E-state index contributed by atoms with van der Waals surface area (Å²) >= 11 is 0. The molecule has 27 heavy (non-hydrogen) atoms. The van der Waals surface area contributed by atoms with Crippen LogP contribution in [0.2, 0.25) is 0 Å². The molecule has 3 aromatic carbocycles. The number of carbonyl (C=O) groups excluding carboxylic acids is 2. The van der Waals surface area contributed by atoms with E-state index < -0.39 is 11.9 Å². The van der Waals surface area contributed by atoms with Crippen molar-refractivity contribution in [2.75, 3.05) is 4.90 Å². The SMILES string of the molecule is N#Cc1ccc(N2C(=O)N/C(=C/c3cccc(O)c3)C2=O)c2ccccc12. The van der Waals surface area contributed by atoms with Gasteiger partial charge in [0.05, 0.1) is 17.3 Å². The zero-order valence-corrected chi connectivity index (χ0v) is 14.0. The van der Waals surface area contributed by atoms with Crippen molar-refractivity contribution in [1.29, 1.82) is 5.26 Å². The number of amides is 3. The molecule has 0 atom stereocenters. The Bertz CT molecular complexity index is 1170. The molecule has 1 saturated heterocycles. The number of hydrogen-bond acceptors (Lipinski definition) is 4. The fraction of sp³-hybridized carbons (Fsp3) is 0. The summed E-state index contributed by atoms with van der Waals surface area (Å²) in [5.74, 6) is -0.436. The van der Waals surface area contributed by atoms with Crippen molar-refractivity contribution in [1.82, 2.24) is 5.32 Å². The van der Waals surface area contributed by atoms with Crippen molar-refractivity contribution < 1.29 is 14.7 Å². The minimum Gasteiger partial charge on any atom is -0.508 e. The van der Waals surface area contributed by atoms with Crippen molar-refractivity contribution in [3.05, 3.63) is 77.5 Å². The first-order chi connectivity index (χ1) is 13.1. The van der Waals surface area contributed by atoms with Gasteiger partial charge in [-0.2, -0.15) is 5.26 Å². The summed E-state index contributed by atoms with van der Waals surface area (Å²) in [6.45, 7) is 0. The van der Waals surface area contributed by atoms with Crippen LogP contribution in [0.25, 0.3) is 16.8 Å². The summed E-state index contributed by atoms with van der Waals surface area (Å²) < 4.78 is 0. The molecule has 1 aliphatic rings. The zero-order chi connectivity index (χ0) is 19.0. The first kappa shape index (κ1) is 16.4. The number of aromatic hydroxyl groups is 1. The van der Waals surface area contributed by atoms with Gasteiger partial charge >= 0.3 is 6.03 Å². The smallest absolute Gasteiger partial charge is 0.333 e. The van der Waals surface area contributed by atoms with Crippen molar-refractivity contribution in [3.8, 4) is 11.8 Å². The highest BCUT2D eigenvalue weighted by molar-refractivity contribution is 6.30. The Morgan fingerprint density at radius 2 is 1.78 bits per heavy atom. The summed E-state index contributed by atoms with van der Waals surface area (Å²) in [6, 6.07) is 18.2. The number of hydrogen-bond donors (Lipinski definition) is 2. The van der Waals surface area contributed by atoms with Gasteiger partial charge in [0.2, 0.25) is 0 Å². The third-order valence-corrected chi connectivity index (χ3v) is 4.32. The molecular weight excluding hydrogens is 342 g/mol. The van der Waals surface area contributed by atoms with Crippen molar-refractivity contribution in [3.63, 3.8) is 0 Å². The maximum Gasteiger partial charge on any atom is 0.333 e. The molecule has 4 rings (SSSR count). The molecule has 6 heteroatoms. The van der Waals surface area contributed by atoms with Crippen LogP contribution in [0.4, 0.5) is 10.5 Å². The largest absolute Gasteiger partial charge is 0.508 e. The second-order valence-corrected chi connectivity index (χ2v) is 6.01. The van der Waals surface area contributed by atoms with Crippen LogP contribution in [0.1, 0.15) is 11.1 Å². The van der Waals surface area contributed by atoms with Crippen LogP contribution >= 0.6 is 0 Å². The Balaban J connectivity index is 1.80. The lowest BCUT2D eigenvalue weighted by Crippen LogP contribution is -2.30. The maximum absolute atomic E-state index is 12.9. The Hall–Kier alpha value is -4.11. The standard InChI is InChI=1S/C21H13N3O3/c22-12-14-8-9-19(17-7-2-1-6-16(14)17)24-20(26)18(23-21(24)27)11-13-4-3-5-15(25)10-13/h1-11,25H,(H,23,27)/b18-11+. The van der Waals surface area contributed by atoms with E-state index in [0.29, 0.717) is 27.6 Å². The minimum absolute atomic E-state index is 0.0658. The van der Waals surface area contributed by atoms with Gasteiger partial charge in [-0.1, -0.05) is 36.4 Å². The molecular formula is C21H13N3O3. The van der Waals surface area contributed by atoms with Gasteiger partial charge < -0.3 is 10.4 Å². The third-order valence-electron chi connectivity index (χ3n) is 4.32. The Morgan fingerprint density at radius 3 is 2.52 bits per heavy atom. The molecule has 1 heterocycles. The third kappa shape index (κ3) is 2.77. The highest BCUT2D eigenvalue weighted by Crippen LogP contribution is 2.32. The molecule has 0 spiro atoms. The number of nitrogens with zero attached hydrogens (tertiary/aromatic N) is 2. The van der Waals surface area contributed by atoms with Crippen molar-refractivity contribution >= 4 is 34.5 Å². The number of fused-ring (bicyclic) bond motifs is 1. The summed E-state index contributed by atoms with van der Waals surface area (Å²) in [7, 11) is 0. The molecule has 1 aliphatic heterocycles. The first-order valence-electron chi connectivity index (χ1n) is 8.16. The molecule has 130 valence electrons. The summed E-state index contributed by atoms with van der Waals surface area (Å²) in [4.78, 5) is 26.4. The zero-order valence-electron chi connectivity index (χ0n) is 14.0. The highest BCUT2D eigenvalue weighted by Gasteiger charge is 2.35. The van der Waals surface area contributed by atoms with E-state index >= 15 is 0 Å². The summed E-state index contributed by atoms with van der Waals surface area (Å²) in [6.07, 6.45) is 1.51. The molecule has 3 aromatic rings. The van der Waals surface area contributed by atoms with Crippen LogP contribution in [0.5, 0.6) is 5.75 Å². The van der Waals surface area contributed by atoms with Gasteiger partial charge in [-0.25, -0.2) is 9.69 Å². The van der Waals surface area contributed by atoms with E-state index in [1.54, 1.807) is 48.5 Å². The second-order valence-electron chi connectivity index (χ2n) is 6.01. The molecule has 0 unspecified atom stereocenters. The summed E-state index contributed by atoms with van der Waals surface area (Å²) in [5.41, 5.74) is 1.58. The van der Waals surface area contributed by atoms with Gasteiger partial charge in [0.15, 0.2) is 0 Å². The fourth-order valence-electron chi connectivity index (χ4n) is 3.11. The van der Waals surface area contributed by atoms with Crippen molar-refractivity contribution in [2.45, 2.75) is 0 Å². The number of nitrogens with one attached hydrogen (secondary N) is 1. The normalized spacial score (nSPS) is 15.2. The number of carbonyl (C=O) groups is 2. The molecule has 0 aliphatic carbocycles. The van der Waals surface area contributed by atoms with E-state index in [-0.39, 0.29) is 11.4 Å². The number of imide groups is 1. The number of rotatable bonds is 2. The topological polar surface area (TPSA) is 93.4 Å². The van der Waals surface area contributed by atoms with E-state index in [4.69, 9.17) is 0 Å². The Labute approximate surface area is 154 Å². The van der Waals surface area contributed by atoms with Crippen molar-refractivity contribution in [2.24, 2.45) is 0 Å². The lowest BCUT2D eigenvalue weighted by molar-refractivity contribution is -0.113. The highest BCUT2D eigenvalue weighted by atomic mass is 16.3. The molecule has 0 bridgehead atoms.